The smallest absolute Gasteiger partial charge is 0.315 e. The highest BCUT2D eigenvalue weighted by molar-refractivity contribution is 5.74. The zero-order chi connectivity index (χ0) is 15.5. The number of rotatable bonds is 4. The maximum atomic E-state index is 11.9. The average molecular weight is 303 g/mol. The quantitative estimate of drug-likeness (QED) is 0.883. The Morgan fingerprint density at radius 1 is 1.41 bits per heavy atom. The molecule has 0 saturated heterocycles. The van der Waals surface area contributed by atoms with Crippen LogP contribution in [0, 0.1) is 0 Å². The first-order valence-electron chi connectivity index (χ1n) is 6.90. The summed E-state index contributed by atoms with van der Waals surface area (Å²) in [7, 11) is 1.83. The largest absolute Gasteiger partial charge is 0.454 e. The summed E-state index contributed by atoms with van der Waals surface area (Å²) in [6, 6.07) is 5.08. The van der Waals surface area contributed by atoms with Gasteiger partial charge in [-0.1, -0.05) is 6.07 Å². The number of hydrogen-bond acceptors (Lipinski definition) is 5. The highest BCUT2D eigenvalue weighted by atomic mass is 16.7. The van der Waals surface area contributed by atoms with Gasteiger partial charge >= 0.3 is 6.03 Å². The molecule has 0 fully saturated rings. The maximum Gasteiger partial charge on any atom is 0.315 e. The average Bonchev–Trinajstić information content (AvgIpc) is 3.12. The van der Waals surface area contributed by atoms with Gasteiger partial charge in [0, 0.05) is 13.6 Å². The summed E-state index contributed by atoms with van der Waals surface area (Å²) in [6.45, 7) is 2.49. The number of urea groups is 1. The molecular weight excluding hydrogens is 286 g/mol. The molecule has 2 aromatic rings. The van der Waals surface area contributed by atoms with Crippen LogP contribution in [-0.2, 0) is 13.6 Å². The Kier molecular flexibility index (Phi) is 3.82. The van der Waals surface area contributed by atoms with E-state index in [4.69, 9.17) is 9.47 Å². The summed E-state index contributed by atoms with van der Waals surface area (Å²) in [6.07, 6.45) is 1.60. The molecule has 1 atom stereocenters. The van der Waals surface area contributed by atoms with Crippen molar-refractivity contribution in [1.29, 1.82) is 0 Å². The number of fused-ring (bicyclic) bond motifs is 1. The van der Waals surface area contributed by atoms with Gasteiger partial charge in [-0.3, -0.25) is 0 Å². The molecule has 0 radical (unpaired) electrons. The number of aryl methyl sites for hydroxylation is 1. The second kappa shape index (κ2) is 5.92. The maximum absolute atomic E-state index is 11.9. The second-order valence-corrected chi connectivity index (χ2v) is 5.04. The molecule has 0 saturated carbocycles. The summed E-state index contributed by atoms with van der Waals surface area (Å²) in [5.41, 5.74) is 0.936. The van der Waals surface area contributed by atoms with Crippen molar-refractivity contribution >= 4 is 6.03 Å². The summed E-state index contributed by atoms with van der Waals surface area (Å²) in [4.78, 5) is 11.9. The van der Waals surface area contributed by atoms with Crippen molar-refractivity contribution in [3.8, 4) is 11.5 Å². The van der Waals surface area contributed by atoms with Crippen LogP contribution < -0.4 is 20.1 Å². The lowest BCUT2D eigenvalue weighted by Crippen LogP contribution is -2.37. The fourth-order valence-corrected chi connectivity index (χ4v) is 2.23. The Bertz CT molecular complexity index is 685. The lowest BCUT2D eigenvalue weighted by molar-refractivity contribution is 0.174. The van der Waals surface area contributed by atoms with Crippen molar-refractivity contribution < 1.29 is 14.3 Å². The Balaban J connectivity index is 1.53. The van der Waals surface area contributed by atoms with Crippen LogP contribution in [-0.4, -0.2) is 27.6 Å². The normalized spacial score (nSPS) is 13.7. The SMILES string of the molecule is C[C@@H](NC(=O)NCc1ccc2c(c1)OCO2)c1nncn1C. The molecule has 2 amide bonds. The van der Waals surface area contributed by atoms with Crippen LogP contribution in [0.5, 0.6) is 11.5 Å². The summed E-state index contributed by atoms with van der Waals surface area (Å²) in [5, 5.41) is 13.4. The van der Waals surface area contributed by atoms with Crippen molar-refractivity contribution in [2.45, 2.75) is 19.5 Å². The van der Waals surface area contributed by atoms with E-state index in [2.05, 4.69) is 20.8 Å². The molecule has 2 N–H and O–H groups in total. The standard InChI is InChI=1S/C14H17N5O3/c1-9(13-18-16-7-19(13)2)17-14(20)15-6-10-3-4-11-12(5-10)22-8-21-11/h3-5,7,9H,6,8H2,1-2H3,(H2,15,17,20)/t9-/m1/s1. The topological polar surface area (TPSA) is 90.3 Å². The summed E-state index contributed by atoms with van der Waals surface area (Å²) >= 11 is 0. The number of carbonyl (C=O) groups excluding carboxylic acids is 1. The van der Waals surface area contributed by atoms with Gasteiger partial charge in [-0.2, -0.15) is 0 Å². The monoisotopic (exact) mass is 303 g/mol. The van der Waals surface area contributed by atoms with Gasteiger partial charge in [-0.15, -0.1) is 10.2 Å². The minimum atomic E-state index is -0.270. The molecule has 0 spiro atoms. The molecule has 0 unspecified atom stereocenters. The zero-order valence-corrected chi connectivity index (χ0v) is 12.4. The Morgan fingerprint density at radius 3 is 3.00 bits per heavy atom. The molecule has 0 aliphatic carbocycles. The van der Waals surface area contributed by atoms with E-state index in [1.54, 1.807) is 10.9 Å². The fraction of sp³-hybridized carbons (Fsp3) is 0.357. The number of carbonyl (C=O) groups is 1. The Labute approximate surface area is 127 Å². The van der Waals surface area contributed by atoms with E-state index in [0.717, 1.165) is 11.3 Å². The van der Waals surface area contributed by atoms with E-state index >= 15 is 0 Å². The summed E-state index contributed by atoms with van der Waals surface area (Å²) in [5.74, 6) is 2.12. The molecule has 1 aliphatic rings. The van der Waals surface area contributed by atoms with Gasteiger partial charge in [0.15, 0.2) is 17.3 Å². The first-order chi connectivity index (χ1) is 10.6. The minimum absolute atomic E-state index is 0.232. The molecule has 116 valence electrons. The van der Waals surface area contributed by atoms with Gasteiger partial charge in [-0.25, -0.2) is 4.79 Å². The van der Waals surface area contributed by atoms with Crippen LogP contribution in [0.25, 0.3) is 0 Å². The van der Waals surface area contributed by atoms with Gasteiger partial charge in [0.25, 0.3) is 0 Å². The molecule has 2 heterocycles. The Hall–Kier alpha value is -2.77. The van der Waals surface area contributed by atoms with Crippen LogP contribution >= 0.6 is 0 Å². The molecule has 8 nitrogen and oxygen atoms in total. The number of hydrogen-bond donors (Lipinski definition) is 2. The van der Waals surface area contributed by atoms with Gasteiger partial charge in [0.2, 0.25) is 6.79 Å². The van der Waals surface area contributed by atoms with Crippen molar-refractivity contribution in [3.63, 3.8) is 0 Å². The lowest BCUT2D eigenvalue weighted by Gasteiger charge is -2.14. The number of aromatic nitrogens is 3. The van der Waals surface area contributed by atoms with E-state index < -0.39 is 0 Å². The van der Waals surface area contributed by atoms with Crippen molar-refractivity contribution in [1.82, 2.24) is 25.4 Å². The Morgan fingerprint density at radius 2 is 2.23 bits per heavy atom. The predicted octanol–water partition coefficient (Wildman–Crippen LogP) is 1.10. The first kappa shape index (κ1) is 14.2. The van der Waals surface area contributed by atoms with Crippen LogP contribution in [0.3, 0.4) is 0 Å². The number of amides is 2. The van der Waals surface area contributed by atoms with Crippen molar-refractivity contribution in [2.24, 2.45) is 7.05 Å². The van der Waals surface area contributed by atoms with Gasteiger partial charge in [-0.05, 0) is 24.6 Å². The molecular formula is C14H17N5O3. The number of ether oxygens (including phenoxy) is 2. The van der Waals surface area contributed by atoms with Gasteiger partial charge in [0.1, 0.15) is 6.33 Å². The first-order valence-corrected chi connectivity index (χ1v) is 6.90. The number of nitrogens with one attached hydrogen (secondary N) is 2. The third kappa shape index (κ3) is 2.95. The zero-order valence-electron chi connectivity index (χ0n) is 12.4. The van der Waals surface area contributed by atoms with Crippen molar-refractivity contribution in [3.05, 3.63) is 35.9 Å². The van der Waals surface area contributed by atoms with Crippen LogP contribution in [0.15, 0.2) is 24.5 Å². The highest BCUT2D eigenvalue weighted by Crippen LogP contribution is 2.32. The third-order valence-corrected chi connectivity index (χ3v) is 3.37. The lowest BCUT2D eigenvalue weighted by atomic mass is 10.2. The third-order valence-electron chi connectivity index (χ3n) is 3.37. The molecule has 3 rings (SSSR count). The molecule has 0 bridgehead atoms. The van der Waals surface area contributed by atoms with Crippen LogP contribution in [0.4, 0.5) is 4.79 Å². The van der Waals surface area contributed by atoms with E-state index in [1.165, 1.54) is 0 Å². The predicted molar refractivity (Wildman–Crippen MR) is 77.4 cm³/mol. The fourth-order valence-electron chi connectivity index (χ4n) is 2.23. The van der Waals surface area contributed by atoms with Crippen molar-refractivity contribution in [2.75, 3.05) is 6.79 Å². The van der Waals surface area contributed by atoms with E-state index in [9.17, 15) is 4.79 Å². The van der Waals surface area contributed by atoms with E-state index in [-0.39, 0.29) is 18.9 Å². The summed E-state index contributed by atoms with van der Waals surface area (Å²) < 4.78 is 12.3. The number of nitrogens with zero attached hydrogens (tertiary/aromatic N) is 3. The highest BCUT2D eigenvalue weighted by Gasteiger charge is 2.15. The minimum Gasteiger partial charge on any atom is -0.454 e. The van der Waals surface area contributed by atoms with E-state index in [1.807, 2.05) is 32.2 Å². The van der Waals surface area contributed by atoms with Gasteiger partial charge < -0.3 is 24.7 Å². The molecule has 22 heavy (non-hydrogen) atoms. The van der Waals surface area contributed by atoms with Crippen LogP contribution in [0.2, 0.25) is 0 Å². The second-order valence-electron chi connectivity index (χ2n) is 5.04. The van der Waals surface area contributed by atoms with Gasteiger partial charge in [0.05, 0.1) is 6.04 Å². The molecule has 8 heteroatoms. The van der Waals surface area contributed by atoms with Crippen LogP contribution in [0.1, 0.15) is 24.4 Å². The van der Waals surface area contributed by atoms with E-state index in [0.29, 0.717) is 18.1 Å². The molecule has 1 aromatic carbocycles. The molecule has 1 aliphatic heterocycles. The number of benzene rings is 1. The molecule has 1 aromatic heterocycles.